The Bertz CT molecular complexity index is 767. The van der Waals surface area contributed by atoms with E-state index >= 15 is 0 Å². The van der Waals surface area contributed by atoms with Gasteiger partial charge in [-0.1, -0.05) is 18.2 Å². The Hall–Kier alpha value is -1.90. The summed E-state index contributed by atoms with van der Waals surface area (Å²) in [5.41, 5.74) is 10.6. The molecule has 0 aliphatic heterocycles. The Morgan fingerprint density at radius 2 is 1.74 bits per heavy atom. The highest BCUT2D eigenvalue weighted by Crippen LogP contribution is 2.27. The van der Waals surface area contributed by atoms with Crippen molar-refractivity contribution in [3.8, 4) is 0 Å². The van der Waals surface area contributed by atoms with E-state index in [0.717, 1.165) is 16.7 Å². The molecule has 2 rings (SSSR count). The van der Waals surface area contributed by atoms with E-state index in [1.165, 1.54) is 0 Å². The Morgan fingerprint density at radius 3 is 2.30 bits per heavy atom. The quantitative estimate of drug-likeness (QED) is 0.517. The van der Waals surface area contributed by atoms with Crippen molar-refractivity contribution in [2.75, 3.05) is 12.3 Å². The zero-order chi connectivity index (χ0) is 17.1. The number of rotatable bonds is 5. The summed E-state index contributed by atoms with van der Waals surface area (Å²) in [6.45, 7) is 7.91. The van der Waals surface area contributed by atoms with Crippen LogP contribution in [0.5, 0.6) is 0 Å². The number of nitrogen functional groups attached to an aromatic ring is 1. The van der Waals surface area contributed by atoms with Crippen molar-refractivity contribution in [3.05, 3.63) is 58.1 Å². The van der Waals surface area contributed by atoms with E-state index in [-0.39, 0.29) is 5.78 Å². The number of benzene rings is 2. The molecule has 0 bridgehead atoms. The van der Waals surface area contributed by atoms with E-state index in [9.17, 15) is 9.36 Å². The van der Waals surface area contributed by atoms with Gasteiger partial charge in [0, 0.05) is 22.1 Å². The number of anilines is 1. The van der Waals surface area contributed by atoms with Crippen molar-refractivity contribution in [1.82, 2.24) is 0 Å². The molecule has 4 nitrogen and oxygen atoms in total. The first-order chi connectivity index (χ1) is 10.9. The fourth-order valence-electron chi connectivity index (χ4n) is 2.67. The number of carbonyl (C=O) groups excluding carboxylic acids is 1. The molecule has 1 atom stereocenters. The zero-order valence-corrected chi connectivity index (χ0v) is 14.9. The first-order valence-corrected chi connectivity index (χ1v) is 8.86. The molecule has 0 aliphatic rings. The van der Waals surface area contributed by atoms with Gasteiger partial charge in [-0.05, 0) is 56.5 Å². The molecule has 2 N–H and O–H groups in total. The molecule has 0 saturated carbocycles. The number of aryl methyl sites for hydroxylation is 2. The highest BCUT2D eigenvalue weighted by molar-refractivity contribution is 7.48. The lowest BCUT2D eigenvalue weighted by atomic mass is 9.92. The van der Waals surface area contributed by atoms with Crippen LogP contribution in [0.15, 0.2) is 30.3 Å². The molecule has 0 amide bonds. The molecule has 2 aromatic carbocycles. The van der Waals surface area contributed by atoms with Crippen LogP contribution in [-0.4, -0.2) is 12.4 Å². The predicted molar refractivity (Wildman–Crippen MR) is 95.2 cm³/mol. The second-order valence-electron chi connectivity index (χ2n) is 5.55. The van der Waals surface area contributed by atoms with Crippen LogP contribution in [0.1, 0.15) is 39.5 Å². The molecule has 0 fully saturated rings. The number of hydrogen-bond donors (Lipinski definition) is 1. The smallest absolute Gasteiger partial charge is 0.220 e. The molecule has 23 heavy (non-hydrogen) atoms. The van der Waals surface area contributed by atoms with Gasteiger partial charge in [-0.25, -0.2) is 0 Å². The third kappa shape index (κ3) is 3.54. The van der Waals surface area contributed by atoms with Gasteiger partial charge in [0.05, 0.1) is 6.61 Å². The topological polar surface area (TPSA) is 69.4 Å². The molecule has 0 heterocycles. The van der Waals surface area contributed by atoms with Gasteiger partial charge in [-0.15, -0.1) is 0 Å². The molecule has 122 valence electrons. The number of nitrogens with two attached hydrogens (primary N) is 1. The molecule has 0 saturated heterocycles. The van der Waals surface area contributed by atoms with Gasteiger partial charge in [0.1, 0.15) is 0 Å². The first-order valence-electron chi connectivity index (χ1n) is 7.55. The Morgan fingerprint density at radius 1 is 1.13 bits per heavy atom. The summed E-state index contributed by atoms with van der Waals surface area (Å²) >= 11 is 0. The van der Waals surface area contributed by atoms with Gasteiger partial charge in [0.25, 0.3) is 0 Å². The van der Waals surface area contributed by atoms with Crippen LogP contribution in [0.25, 0.3) is 0 Å². The SMILES string of the molecule is CCO[PH](=O)c1ccc(C(=O)c2c(C)cc(C)c(N)c2C)cc1. The van der Waals surface area contributed by atoms with E-state index in [1.807, 2.05) is 26.8 Å². The molecule has 5 heteroatoms. The highest BCUT2D eigenvalue weighted by Gasteiger charge is 2.17. The summed E-state index contributed by atoms with van der Waals surface area (Å²) in [4.78, 5) is 12.8. The second kappa shape index (κ2) is 7.12. The van der Waals surface area contributed by atoms with Crippen molar-refractivity contribution in [3.63, 3.8) is 0 Å². The summed E-state index contributed by atoms with van der Waals surface area (Å²) in [6.07, 6.45) is 0. The minimum atomic E-state index is -2.23. The molecule has 0 spiro atoms. The van der Waals surface area contributed by atoms with Crippen molar-refractivity contribution in [2.24, 2.45) is 0 Å². The molecule has 2 aromatic rings. The van der Waals surface area contributed by atoms with Crippen LogP contribution in [0.4, 0.5) is 5.69 Å². The molecule has 0 aliphatic carbocycles. The molecular formula is C18H22NO3P. The summed E-state index contributed by atoms with van der Waals surface area (Å²) < 4.78 is 17.0. The van der Waals surface area contributed by atoms with E-state index < -0.39 is 8.03 Å². The average molecular weight is 331 g/mol. The number of hydrogen-bond acceptors (Lipinski definition) is 4. The summed E-state index contributed by atoms with van der Waals surface area (Å²) in [6, 6.07) is 8.68. The summed E-state index contributed by atoms with van der Waals surface area (Å²) in [5, 5.41) is 0.616. The zero-order valence-electron chi connectivity index (χ0n) is 13.9. The lowest BCUT2D eigenvalue weighted by Crippen LogP contribution is -2.10. The van der Waals surface area contributed by atoms with Gasteiger partial charge in [0.2, 0.25) is 8.03 Å². The summed E-state index contributed by atoms with van der Waals surface area (Å²) in [7, 11) is -2.23. The fraction of sp³-hybridized carbons (Fsp3) is 0.278. The monoisotopic (exact) mass is 331 g/mol. The van der Waals surface area contributed by atoms with Crippen LogP contribution in [0, 0.1) is 20.8 Å². The summed E-state index contributed by atoms with van der Waals surface area (Å²) in [5.74, 6) is -0.0747. The lowest BCUT2D eigenvalue weighted by molar-refractivity contribution is 0.103. The Balaban J connectivity index is 2.39. The largest absolute Gasteiger partial charge is 0.398 e. The van der Waals surface area contributed by atoms with Gasteiger partial charge < -0.3 is 10.3 Å². The van der Waals surface area contributed by atoms with E-state index in [0.29, 0.717) is 28.7 Å². The van der Waals surface area contributed by atoms with Crippen molar-refractivity contribution < 1.29 is 13.9 Å². The van der Waals surface area contributed by atoms with Crippen LogP contribution < -0.4 is 11.0 Å². The van der Waals surface area contributed by atoms with Gasteiger partial charge in [-0.3, -0.25) is 9.36 Å². The third-order valence-corrected chi connectivity index (χ3v) is 5.27. The van der Waals surface area contributed by atoms with Crippen LogP contribution in [-0.2, 0) is 9.09 Å². The normalized spacial score (nSPS) is 12.2. The van der Waals surface area contributed by atoms with E-state index in [2.05, 4.69) is 0 Å². The highest BCUT2D eigenvalue weighted by atomic mass is 31.1. The van der Waals surface area contributed by atoms with Crippen LogP contribution in [0.3, 0.4) is 0 Å². The van der Waals surface area contributed by atoms with Crippen molar-refractivity contribution >= 4 is 24.8 Å². The maximum atomic E-state index is 12.8. The maximum absolute atomic E-state index is 12.8. The standard InChI is InChI=1S/C18H22NO3P/c1-5-22-23(21)15-8-6-14(7-9-15)18(20)16-11(2)10-12(3)17(19)13(16)4/h6-10,23H,5,19H2,1-4H3. The van der Waals surface area contributed by atoms with Gasteiger partial charge in [0.15, 0.2) is 5.78 Å². The average Bonchev–Trinajstić information content (AvgIpc) is 2.53. The van der Waals surface area contributed by atoms with E-state index in [4.69, 9.17) is 10.3 Å². The Kier molecular flexibility index (Phi) is 5.40. The molecule has 0 aromatic heterocycles. The van der Waals surface area contributed by atoms with Gasteiger partial charge >= 0.3 is 0 Å². The minimum Gasteiger partial charge on any atom is -0.398 e. The van der Waals surface area contributed by atoms with E-state index in [1.54, 1.807) is 31.2 Å². The maximum Gasteiger partial charge on any atom is 0.220 e. The second-order valence-corrected chi connectivity index (χ2v) is 6.99. The fourth-order valence-corrected chi connectivity index (χ4v) is 3.53. The van der Waals surface area contributed by atoms with Crippen LogP contribution in [0.2, 0.25) is 0 Å². The predicted octanol–water partition coefficient (Wildman–Crippen LogP) is 3.56. The van der Waals surface area contributed by atoms with Crippen molar-refractivity contribution in [2.45, 2.75) is 27.7 Å². The molecule has 0 radical (unpaired) electrons. The molecule has 1 unspecified atom stereocenters. The molecular weight excluding hydrogens is 309 g/mol. The van der Waals surface area contributed by atoms with Gasteiger partial charge in [-0.2, -0.15) is 0 Å². The minimum absolute atomic E-state index is 0.0747. The third-order valence-electron chi connectivity index (χ3n) is 3.92. The first kappa shape index (κ1) is 17.5. The van der Waals surface area contributed by atoms with Crippen molar-refractivity contribution in [1.29, 1.82) is 0 Å². The number of ketones is 1. The lowest BCUT2D eigenvalue weighted by Gasteiger charge is -2.14. The van der Waals surface area contributed by atoms with Crippen LogP contribution >= 0.6 is 8.03 Å². The Labute approximate surface area is 137 Å². The number of carbonyl (C=O) groups is 1.